The summed E-state index contributed by atoms with van der Waals surface area (Å²) in [6.45, 7) is 0. The third-order valence-corrected chi connectivity index (χ3v) is 2.85. The minimum atomic E-state index is -1.11. The highest BCUT2D eigenvalue weighted by molar-refractivity contribution is 9.10. The minimum absolute atomic E-state index is 0.0265. The van der Waals surface area contributed by atoms with Crippen LogP contribution in [-0.4, -0.2) is 0 Å². The van der Waals surface area contributed by atoms with Gasteiger partial charge in [0.15, 0.2) is 11.6 Å². The first kappa shape index (κ1) is 12.1. The lowest BCUT2D eigenvalue weighted by atomic mass is 10.0. The van der Waals surface area contributed by atoms with Gasteiger partial charge in [0.1, 0.15) is 11.6 Å². The van der Waals surface area contributed by atoms with Crippen molar-refractivity contribution in [2.75, 3.05) is 0 Å². The Bertz CT molecular complexity index is 581. The van der Waals surface area contributed by atoms with Gasteiger partial charge in [-0.25, -0.2) is 17.6 Å². The van der Waals surface area contributed by atoms with E-state index >= 15 is 0 Å². The largest absolute Gasteiger partial charge is 0.206 e. The highest BCUT2D eigenvalue weighted by atomic mass is 79.9. The first-order valence-electron chi connectivity index (χ1n) is 4.59. The van der Waals surface area contributed by atoms with E-state index in [1.54, 1.807) is 0 Å². The van der Waals surface area contributed by atoms with Crippen LogP contribution < -0.4 is 0 Å². The van der Waals surface area contributed by atoms with Crippen molar-refractivity contribution < 1.29 is 17.6 Å². The van der Waals surface area contributed by atoms with Crippen molar-refractivity contribution in [2.24, 2.45) is 0 Å². The fraction of sp³-hybridized carbons (Fsp3) is 0. The van der Waals surface area contributed by atoms with Crippen molar-refractivity contribution in [1.29, 1.82) is 0 Å². The van der Waals surface area contributed by atoms with Crippen LogP contribution in [-0.2, 0) is 0 Å². The van der Waals surface area contributed by atoms with Gasteiger partial charge in [0.2, 0.25) is 0 Å². The lowest BCUT2D eigenvalue weighted by Crippen LogP contribution is -1.90. The molecule has 17 heavy (non-hydrogen) atoms. The normalized spacial score (nSPS) is 10.6. The van der Waals surface area contributed by atoms with Crippen molar-refractivity contribution in [1.82, 2.24) is 0 Å². The van der Waals surface area contributed by atoms with Crippen LogP contribution in [0.15, 0.2) is 34.8 Å². The Labute approximate surface area is 103 Å². The second kappa shape index (κ2) is 4.49. The van der Waals surface area contributed by atoms with Crippen LogP contribution in [0, 0.1) is 23.3 Å². The Morgan fingerprint density at radius 3 is 2.06 bits per heavy atom. The zero-order chi connectivity index (χ0) is 12.6. The summed E-state index contributed by atoms with van der Waals surface area (Å²) < 4.78 is 52.4. The van der Waals surface area contributed by atoms with Crippen molar-refractivity contribution in [3.63, 3.8) is 0 Å². The maximum Gasteiger partial charge on any atom is 0.159 e. The predicted molar refractivity (Wildman–Crippen MR) is 59.4 cm³/mol. The summed E-state index contributed by atoms with van der Waals surface area (Å²) in [5, 5.41) is 0. The molecule has 5 heteroatoms. The predicted octanol–water partition coefficient (Wildman–Crippen LogP) is 4.67. The SMILES string of the molecule is Fc1ccc(-c2cc(F)c(Br)cc2F)cc1F. The molecule has 0 amide bonds. The number of benzene rings is 2. The van der Waals surface area contributed by atoms with E-state index in [4.69, 9.17) is 0 Å². The van der Waals surface area contributed by atoms with Crippen molar-refractivity contribution >= 4 is 15.9 Å². The molecule has 88 valence electrons. The van der Waals surface area contributed by atoms with Crippen LogP contribution in [0.5, 0.6) is 0 Å². The Kier molecular flexibility index (Phi) is 3.19. The molecule has 0 saturated heterocycles. The highest BCUT2D eigenvalue weighted by Gasteiger charge is 2.12. The fourth-order valence-electron chi connectivity index (χ4n) is 1.41. The molecule has 0 radical (unpaired) electrons. The van der Waals surface area contributed by atoms with Crippen LogP contribution in [0.25, 0.3) is 11.1 Å². The molecule has 0 aliphatic carbocycles. The average molecular weight is 305 g/mol. The van der Waals surface area contributed by atoms with Crippen LogP contribution in [0.2, 0.25) is 0 Å². The van der Waals surface area contributed by atoms with E-state index in [1.807, 2.05) is 0 Å². The Morgan fingerprint density at radius 2 is 1.41 bits per heavy atom. The summed E-state index contributed by atoms with van der Waals surface area (Å²) in [6.07, 6.45) is 0. The van der Waals surface area contributed by atoms with E-state index in [2.05, 4.69) is 15.9 Å². The number of rotatable bonds is 1. The first-order chi connectivity index (χ1) is 7.99. The van der Waals surface area contributed by atoms with E-state index in [1.165, 1.54) is 6.07 Å². The summed E-state index contributed by atoms with van der Waals surface area (Å²) in [7, 11) is 0. The van der Waals surface area contributed by atoms with Gasteiger partial charge in [-0.15, -0.1) is 0 Å². The summed E-state index contributed by atoms with van der Waals surface area (Å²) >= 11 is 2.83. The van der Waals surface area contributed by atoms with E-state index in [0.717, 1.165) is 24.3 Å². The maximum atomic E-state index is 13.5. The second-order valence-electron chi connectivity index (χ2n) is 3.38. The van der Waals surface area contributed by atoms with E-state index in [-0.39, 0.29) is 15.6 Å². The zero-order valence-electron chi connectivity index (χ0n) is 8.28. The van der Waals surface area contributed by atoms with Crippen LogP contribution in [0.1, 0.15) is 0 Å². The Hall–Kier alpha value is -1.36. The molecule has 2 aromatic rings. The molecule has 0 atom stereocenters. The topological polar surface area (TPSA) is 0 Å². The van der Waals surface area contributed by atoms with Gasteiger partial charge in [0, 0.05) is 5.56 Å². The summed E-state index contributed by atoms with van der Waals surface area (Å²) in [6, 6.07) is 4.73. The number of hydrogen-bond acceptors (Lipinski definition) is 0. The minimum Gasteiger partial charge on any atom is -0.206 e. The van der Waals surface area contributed by atoms with Gasteiger partial charge in [0.05, 0.1) is 4.47 Å². The molecule has 0 N–H and O–H groups in total. The van der Waals surface area contributed by atoms with E-state index < -0.39 is 23.3 Å². The molecule has 2 aromatic carbocycles. The first-order valence-corrected chi connectivity index (χ1v) is 5.38. The third-order valence-electron chi connectivity index (χ3n) is 2.24. The smallest absolute Gasteiger partial charge is 0.159 e. The molecule has 0 nitrogen and oxygen atoms in total. The molecule has 0 fully saturated rings. The number of hydrogen-bond donors (Lipinski definition) is 0. The maximum absolute atomic E-state index is 13.5. The van der Waals surface area contributed by atoms with Crippen LogP contribution in [0.3, 0.4) is 0 Å². The quantitative estimate of drug-likeness (QED) is 0.530. The van der Waals surface area contributed by atoms with Gasteiger partial charge in [-0.2, -0.15) is 0 Å². The lowest BCUT2D eigenvalue weighted by molar-refractivity contribution is 0.509. The average Bonchev–Trinajstić information content (AvgIpc) is 2.27. The summed E-state index contributed by atoms with van der Waals surface area (Å²) in [4.78, 5) is 0. The molecule has 0 heterocycles. The second-order valence-corrected chi connectivity index (χ2v) is 4.23. The van der Waals surface area contributed by atoms with Crippen LogP contribution >= 0.6 is 15.9 Å². The van der Waals surface area contributed by atoms with Gasteiger partial charge in [-0.05, 0) is 45.8 Å². The number of halogens is 5. The molecule has 0 unspecified atom stereocenters. The lowest BCUT2D eigenvalue weighted by Gasteiger charge is -2.05. The van der Waals surface area contributed by atoms with E-state index in [0.29, 0.717) is 0 Å². The summed E-state index contributed by atoms with van der Waals surface area (Å²) in [5.74, 6) is -3.53. The Morgan fingerprint density at radius 1 is 0.706 bits per heavy atom. The highest BCUT2D eigenvalue weighted by Crippen LogP contribution is 2.28. The van der Waals surface area contributed by atoms with Gasteiger partial charge < -0.3 is 0 Å². The molecule has 0 bridgehead atoms. The molecule has 0 aromatic heterocycles. The molecule has 0 aliphatic heterocycles. The van der Waals surface area contributed by atoms with Crippen molar-refractivity contribution in [3.05, 3.63) is 58.1 Å². The van der Waals surface area contributed by atoms with Crippen molar-refractivity contribution in [3.8, 4) is 11.1 Å². The molecule has 0 aliphatic rings. The van der Waals surface area contributed by atoms with Gasteiger partial charge >= 0.3 is 0 Å². The van der Waals surface area contributed by atoms with Crippen LogP contribution in [0.4, 0.5) is 17.6 Å². The molecular formula is C12H5BrF4. The third kappa shape index (κ3) is 2.34. The Balaban J connectivity index is 2.60. The van der Waals surface area contributed by atoms with Crippen molar-refractivity contribution in [2.45, 2.75) is 0 Å². The molecule has 2 rings (SSSR count). The monoisotopic (exact) mass is 304 g/mol. The van der Waals surface area contributed by atoms with Gasteiger partial charge in [-0.1, -0.05) is 6.07 Å². The zero-order valence-corrected chi connectivity index (χ0v) is 9.86. The van der Waals surface area contributed by atoms with E-state index in [9.17, 15) is 17.6 Å². The van der Waals surface area contributed by atoms with Gasteiger partial charge in [-0.3, -0.25) is 0 Å². The molecule has 0 spiro atoms. The summed E-state index contributed by atoms with van der Waals surface area (Å²) in [5.41, 5.74) is -0.0441. The van der Waals surface area contributed by atoms with Gasteiger partial charge in [0.25, 0.3) is 0 Å². The molecule has 0 saturated carbocycles. The standard InChI is InChI=1S/C12H5BrF4/c13-8-5-10(15)7(4-11(8)16)6-1-2-9(14)12(17)3-6/h1-5H. The molecular weight excluding hydrogens is 300 g/mol. The fourth-order valence-corrected chi connectivity index (χ4v) is 1.72.